The molecule has 0 unspecified atom stereocenters. The quantitative estimate of drug-likeness (QED) is 0.854. The van der Waals surface area contributed by atoms with Crippen LogP contribution in [-0.2, 0) is 10.3 Å². The summed E-state index contributed by atoms with van der Waals surface area (Å²) < 4.78 is 6.55. The molecule has 94 valence electrons. The summed E-state index contributed by atoms with van der Waals surface area (Å²) in [5, 5.41) is 0. The van der Waals surface area contributed by atoms with E-state index in [1.165, 1.54) is 0 Å². The molecule has 1 heterocycles. The molecule has 0 bridgehead atoms. The van der Waals surface area contributed by atoms with E-state index in [0.29, 0.717) is 16.0 Å². The van der Waals surface area contributed by atoms with Crippen LogP contribution in [0.3, 0.4) is 0 Å². The Balaban J connectivity index is 2.47. The van der Waals surface area contributed by atoms with Gasteiger partial charge in [-0.25, -0.2) is 4.98 Å². The van der Waals surface area contributed by atoms with E-state index in [1.54, 1.807) is 0 Å². The van der Waals surface area contributed by atoms with Gasteiger partial charge in [0.15, 0.2) is 0 Å². The molecule has 1 saturated carbocycles. The Kier molecular flexibility index (Phi) is 3.87. The molecule has 4 nitrogen and oxygen atoms in total. The molecular formula is C12H17IN2O2. The number of aromatic amines is 1. The first-order chi connectivity index (χ1) is 8.09. The van der Waals surface area contributed by atoms with Gasteiger partial charge in [-0.15, -0.1) is 0 Å². The first-order valence-electron chi connectivity index (χ1n) is 6.00. The van der Waals surface area contributed by atoms with Crippen LogP contribution in [0.2, 0.25) is 0 Å². The molecule has 1 N–H and O–H groups in total. The average Bonchev–Trinajstić information content (AvgIpc) is 2.75. The summed E-state index contributed by atoms with van der Waals surface area (Å²) in [6.45, 7) is 4.50. The van der Waals surface area contributed by atoms with Gasteiger partial charge in [0.2, 0.25) is 0 Å². The van der Waals surface area contributed by atoms with Crippen LogP contribution in [0.25, 0.3) is 0 Å². The van der Waals surface area contributed by atoms with Gasteiger partial charge >= 0.3 is 0 Å². The number of nitrogens with one attached hydrogen (secondary N) is 1. The predicted molar refractivity (Wildman–Crippen MR) is 74.1 cm³/mol. The summed E-state index contributed by atoms with van der Waals surface area (Å²) in [5.74, 6) is 0.708. The lowest BCUT2D eigenvalue weighted by Crippen LogP contribution is -2.32. The summed E-state index contributed by atoms with van der Waals surface area (Å²) in [6.07, 6.45) is 4.16. The number of nitrogens with zero attached hydrogens (tertiary/aromatic N) is 1. The Morgan fingerprint density at radius 2 is 2.12 bits per heavy atom. The van der Waals surface area contributed by atoms with Crippen molar-refractivity contribution in [2.24, 2.45) is 0 Å². The van der Waals surface area contributed by atoms with Gasteiger partial charge in [0.25, 0.3) is 5.56 Å². The molecule has 1 aromatic rings. The minimum atomic E-state index is -0.358. The largest absolute Gasteiger partial charge is 0.367 e. The first kappa shape index (κ1) is 13.0. The van der Waals surface area contributed by atoms with Crippen molar-refractivity contribution in [3.8, 4) is 0 Å². The van der Waals surface area contributed by atoms with Gasteiger partial charge in [-0.1, -0.05) is 0 Å². The predicted octanol–water partition coefficient (Wildman–Crippen LogP) is 2.49. The SMILES string of the molecule is CCOC1(c2nc(C)c(I)c(=O)[nH]2)CCCC1. The molecule has 0 atom stereocenters. The number of hydrogen-bond donors (Lipinski definition) is 1. The molecule has 0 radical (unpaired) electrons. The molecule has 0 saturated heterocycles. The molecule has 1 aliphatic carbocycles. The molecule has 2 rings (SSSR count). The van der Waals surface area contributed by atoms with Crippen molar-refractivity contribution in [3.63, 3.8) is 0 Å². The fourth-order valence-electron chi connectivity index (χ4n) is 2.46. The molecule has 0 aromatic carbocycles. The molecule has 0 aliphatic heterocycles. The van der Waals surface area contributed by atoms with Crippen molar-refractivity contribution in [2.75, 3.05) is 6.61 Å². The Morgan fingerprint density at radius 1 is 1.47 bits per heavy atom. The molecule has 5 heteroatoms. The lowest BCUT2D eigenvalue weighted by atomic mass is 10.0. The smallest absolute Gasteiger partial charge is 0.264 e. The Labute approximate surface area is 114 Å². The highest BCUT2D eigenvalue weighted by atomic mass is 127. The van der Waals surface area contributed by atoms with E-state index in [2.05, 4.69) is 9.97 Å². The maximum atomic E-state index is 11.8. The summed E-state index contributed by atoms with van der Waals surface area (Å²) in [6, 6.07) is 0. The maximum absolute atomic E-state index is 11.8. The van der Waals surface area contributed by atoms with Crippen LogP contribution >= 0.6 is 22.6 Å². The number of aromatic nitrogens is 2. The van der Waals surface area contributed by atoms with Crippen LogP contribution in [0.5, 0.6) is 0 Å². The van der Waals surface area contributed by atoms with Crippen LogP contribution in [0.4, 0.5) is 0 Å². The number of rotatable bonds is 3. The highest BCUT2D eigenvalue weighted by Crippen LogP contribution is 2.40. The van der Waals surface area contributed by atoms with Gasteiger partial charge in [-0.3, -0.25) is 4.79 Å². The van der Waals surface area contributed by atoms with Gasteiger partial charge in [0.05, 0.1) is 9.26 Å². The fraction of sp³-hybridized carbons (Fsp3) is 0.667. The Morgan fingerprint density at radius 3 is 2.65 bits per heavy atom. The Hall–Kier alpha value is -0.430. The van der Waals surface area contributed by atoms with Crippen LogP contribution in [0.1, 0.15) is 44.1 Å². The second kappa shape index (κ2) is 5.06. The molecule has 0 amide bonds. The van der Waals surface area contributed by atoms with E-state index in [4.69, 9.17) is 4.74 Å². The van der Waals surface area contributed by atoms with E-state index in [9.17, 15) is 4.79 Å². The normalized spacial score (nSPS) is 18.5. The van der Waals surface area contributed by atoms with E-state index in [0.717, 1.165) is 31.4 Å². The number of hydrogen-bond acceptors (Lipinski definition) is 3. The molecular weight excluding hydrogens is 331 g/mol. The van der Waals surface area contributed by atoms with Gasteiger partial charge in [0.1, 0.15) is 11.4 Å². The highest BCUT2D eigenvalue weighted by molar-refractivity contribution is 14.1. The summed E-state index contributed by atoms with van der Waals surface area (Å²) in [5.41, 5.74) is 0.373. The second-order valence-electron chi connectivity index (χ2n) is 4.45. The fourth-order valence-corrected chi connectivity index (χ4v) is 2.71. The summed E-state index contributed by atoms with van der Waals surface area (Å²) >= 11 is 2.03. The lowest BCUT2D eigenvalue weighted by Gasteiger charge is -2.27. The van der Waals surface area contributed by atoms with E-state index in [1.807, 2.05) is 36.4 Å². The zero-order chi connectivity index (χ0) is 12.5. The topological polar surface area (TPSA) is 55.0 Å². The van der Waals surface area contributed by atoms with Crippen molar-refractivity contribution in [2.45, 2.75) is 45.1 Å². The highest BCUT2D eigenvalue weighted by Gasteiger charge is 2.39. The standard InChI is InChI=1S/C12H17IN2O2/c1-3-17-12(6-4-5-7-12)11-14-8(2)9(13)10(16)15-11/h3-7H2,1-2H3,(H,14,15,16). The molecule has 0 spiro atoms. The Bertz CT molecular complexity index is 464. The minimum Gasteiger partial charge on any atom is -0.367 e. The minimum absolute atomic E-state index is 0.0564. The molecule has 1 fully saturated rings. The van der Waals surface area contributed by atoms with Crippen molar-refractivity contribution >= 4 is 22.6 Å². The lowest BCUT2D eigenvalue weighted by molar-refractivity contribution is -0.0460. The number of aryl methyl sites for hydroxylation is 1. The average molecular weight is 348 g/mol. The van der Waals surface area contributed by atoms with Gasteiger partial charge in [0, 0.05) is 6.61 Å². The molecule has 1 aliphatic rings. The van der Waals surface area contributed by atoms with Crippen molar-refractivity contribution in [1.82, 2.24) is 9.97 Å². The molecule has 1 aromatic heterocycles. The van der Waals surface area contributed by atoms with Gasteiger partial charge < -0.3 is 9.72 Å². The van der Waals surface area contributed by atoms with E-state index in [-0.39, 0.29) is 11.2 Å². The van der Waals surface area contributed by atoms with Crippen LogP contribution in [-0.4, -0.2) is 16.6 Å². The number of H-pyrrole nitrogens is 1. The van der Waals surface area contributed by atoms with Crippen LogP contribution in [0, 0.1) is 10.5 Å². The second-order valence-corrected chi connectivity index (χ2v) is 5.53. The van der Waals surface area contributed by atoms with Gasteiger partial charge in [-0.2, -0.15) is 0 Å². The molecule has 17 heavy (non-hydrogen) atoms. The van der Waals surface area contributed by atoms with E-state index >= 15 is 0 Å². The zero-order valence-corrected chi connectivity index (χ0v) is 12.3. The third-order valence-corrected chi connectivity index (χ3v) is 4.56. The summed E-state index contributed by atoms with van der Waals surface area (Å²) in [4.78, 5) is 19.2. The van der Waals surface area contributed by atoms with Crippen molar-refractivity contribution in [3.05, 3.63) is 25.4 Å². The third-order valence-electron chi connectivity index (χ3n) is 3.29. The number of halogens is 1. The first-order valence-corrected chi connectivity index (χ1v) is 7.08. The van der Waals surface area contributed by atoms with Crippen LogP contribution < -0.4 is 5.56 Å². The number of ether oxygens (including phenoxy) is 1. The third kappa shape index (κ3) is 2.40. The van der Waals surface area contributed by atoms with E-state index < -0.39 is 0 Å². The van der Waals surface area contributed by atoms with Crippen molar-refractivity contribution < 1.29 is 4.74 Å². The summed E-state index contributed by atoms with van der Waals surface area (Å²) in [7, 11) is 0. The van der Waals surface area contributed by atoms with Gasteiger partial charge in [-0.05, 0) is 62.1 Å². The van der Waals surface area contributed by atoms with Crippen LogP contribution in [0.15, 0.2) is 4.79 Å². The zero-order valence-electron chi connectivity index (χ0n) is 10.2. The van der Waals surface area contributed by atoms with Crippen molar-refractivity contribution in [1.29, 1.82) is 0 Å². The maximum Gasteiger partial charge on any atom is 0.264 e. The monoisotopic (exact) mass is 348 g/mol.